The number of methoxy groups -OCH3 is 1. The number of carbonyl (C=O) groups is 1. The first kappa shape index (κ1) is 15.5. The highest BCUT2D eigenvalue weighted by Gasteiger charge is 2.06. The number of fused-ring (bicyclic) bond motifs is 1. The van der Waals surface area contributed by atoms with Crippen molar-refractivity contribution < 1.29 is 9.53 Å². The van der Waals surface area contributed by atoms with E-state index in [9.17, 15) is 4.79 Å². The number of hydrogen-bond acceptors (Lipinski definition) is 3. The quantitative estimate of drug-likeness (QED) is 0.724. The van der Waals surface area contributed by atoms with E-state index < -0.39 is 0 Å². The monoisotopic (exact) mass is 289 g/mol. The zero-order chi connectivity index (χ0) is 15.1. The molecule has 0 unspecified atom stereocenters. The van der Waals surface area contributed by atoms with Crippen LogP contribution in [0.4, 0.5) is 0 Å². The van der Waals surface area contributed by atoms with Gasteiger partial charge in [0.05, 0.1) is 6.61 Å². The van der Waals surface area contributed by atoms with Crippen LogP contribution >= 0.6 is 0 Å². The zero-order valence-electron chi connectivity index (χ0n) is 12.7. The van der Waals surface area contributed by atoms with E-state index in [-0.39, 0.29) is 5.91 Å². The normalized spacial score (nSPS) is 11.0. The van der Waals surface area contributed by atoms with Gasteiger partial charge in [-0.3, -0.25) is 4.79 Å². The number of carbonyl (C=O) groups excluding carboxylic acids is 1. The number of likely N-dealkylation sites (N-methyl/N-ethyl adjacent to an activating group) is 1. The standard InChI is InChI=1S/C16H23N3O2/c1-3-18-16(20)12-19-8-6-14-5-4-13(10-15(14)19)11-17-7-9-21-2/h4-6,8,10,17H,3,7,9,11-12H2,1-2H3,(H,18,20). The molecule has 2 rings (SSSR count). The van der Waals surface area contributed by atoms with Gasteiger partial charge in [0.1, 0.15) is 6.54 Å². The summed E-state index contributed by atoms with van der Waals surface area (Å²) in [6.45, 7) is 5.27. The summed E-state index contributed by atoms with van der Waals surface area (Å²) in [6, 6.07) is 8.38. The average molecular weight is 289 g/mol. The largest absolute Gasteiger partial charge is 0.383 e. The van der Waals surface area contributed by atoms with Crippen molar-refractivity contribution in [3.8, 4) is 0 Å². The number of ether oxygens (including phenoxy) is 1. The lowest BCUT2D eigenvalue weighted by Crippen LogP contribution is -2.26. The van der Waals surface area contributed by atoms with Crippen molar-refractivity contribution in [1.29, 1.82) is 0 Å². The van der Waals surface area contributed by atoms with E-state index in [0.29, 0.717) is 19.7 Å². The van der Waals surface area contributed by atoms with Gasteiger partial charge >= 0.3 is 0 Å². The van der Waals surface area contributed by atoms with Crippen molar-refractivity contribution in [2.45, 2.75) is 20.0 Å². The number of nitrogens with zero attached hydrogens (tertiary/aromatic N) is 1. The molecule has 2 aromatic rings. The summed E-state index contributed by atoms with van der Waals surface area (Å²) in [5.41, 5.74) is 2.29. The Morgan fingerprint density at radius 3 is 2.95 bits per heavy atom. The minimum atomic E-state index is 0.0404. The van der Waals surface area contributed by atoms with Crippen molar-refractivity contribution in [1.82, 2.24) is 15.2 Å². The molecule has 114 valence electrons. The van der Waals surface area contributed by atoms with Gasteiger partial charge in [-0.2, -0.15) is 0 Å². The Balaban J connectivity index is 2.07. The molecule has 1 amide bonds. The second-order valence-corrected chi connectivity index (χ2v) is 4.96. The number of hydrogen-bond donors (Lipinski definition) is 2. The smallest absolute Gasteiger partial charge is 0.239 e. The predicted octanol–water partition coefficient (Wildman–Crippen LogP) is 1.51. The number of rotatable bonds is 8. The Bertz CT molecular complexity index is 592. The third-order valence-electron chi connectivity index (χ3n) is 3.34. The molecule has 0 atom stereocenters. The molecule has 21 heavy (non-hydrogen) atoms. The molecule has 1 aromatic heterocycles. The maximum absolute atomic E-state index is 11.7. The van der Waals surface area contributed by atoms with Gasteiger partial charge in [-0.15, -0.1) is 0 Å². The molecule has 0 radical (unpaired) electrons. The number of aromatic nitrogens is 1. The van der Waals surface area contributed by atoms with E-state index in [1.54, 1.807) is 7.11 Å². The Morgan fingerprint density at radius 2 is 2.19 bits per heavy atom. The Kier molecular flexibility index (Phi) is 5.78. The van der Waals surface area contributed by atoms with Crippen LogP contribution in [0.1, 0.15) is 12.5 Å². The summed E-state index contributed by atoms with van der Waals surface area (Å²) in [6.07, 6.45) is 1.96. The maximum atomic E-state index is 11.7. The van der Waals surface area contributed by atoms with Crippen LogP contribution in [0.5, 0.6) is 0 Å². The highest BCUT2D eigenvalue weighted by atomic mass is 16.5. The van der Waals surface area contributed by atoms with Crippen LogP contribution in [-0.4, -0.2) is 37.3 Å². The van der Waals surface area contributed by atoms with Gasteiger partial charge < -0.3 is 19.9 Å². The molecule has 0 aliphatic carbocycles. The summed E-state index contributed by atoms with van der Waals surface area (Å²) in [4.78, 5) is 11.7. The van der Waals surface area contributed by atoms with Crippen LogP contribution in [0.25, 0.3) is 10.9 Å². The molecular formula is C16H23N3O2. The molecule has 5 nitrogen and oxygen atoms in total. The molecule has 2 N–H and O–H groups in total. The van der Waals surface area contributed by atoms with Crippen molar-refractivity contribution in [3.05, 3.63) is 36.0 Å². The lowest BCUT2D eigenvalue weighted by molar-refractivity contribution is -0.121. The molecule has 0 spiro atoms. The van der Waals surface area contributed by atoms with Gasteiger partial charge in [-0.1, -0.05) is 12.1 Å². The van der Waals surface area contributed by atoms with Crippen molar-refractivity contribution in [3.63, 3.8) is 0 Å². The maximum Gasteiger partial charge on any atom is 0.239 e. The second-order valence-electron chi connectivity index (χ2n) is 4.96. The summed E-state index contributed by atoms with van der Waals surface area (Å²) in [7, 11) is 1.70. The van der Waals surface area contributed by atoms with Crippen LogP contribution in [0, 0.1) is 0 Å². The average Bonchev–Trinajstić information content (AvgIpc) is 2.86. The number of benzene rings is 1. The fourth-order valence-corrected chi connectivity index (χ4v) is 2.29. The minimum absolute atomic E-state index is 0.0404. The van der Waals surface area contributed by atoms with E-state index >= 15 is 0 Å². The lowest BCUT2D eigenvalue weighted by Gasteiger charge is -2.08. The first-order valence-electron chi connectivity index (χ1n) is 7.28. The Hall–Kier alpha value is -1.85. The number of nitrogens with one attached hydrogen (secondary N) is 2. The third-order valence-corrected chi connectivity index (χ3v) is 3.34. The highest BCUT2D eigenvalue weighted by molar-refractivity contribution is 5.83. The van der Waals surface area contributed by atoms with E-state index in [1.807, 2.05) is 23.8 Å². The second kappa shape index (κ2) is 7.81. The van der Waals surface area contributed by atoms with E-state index in [4.69, 9.17) is 4.74 Å². The third kappa shape index (κ3) is 4.31. The molecular weight excluding hydrogens is 266 g/mol. The van der Waals surface area contributed by atoms with E-state index in [1.165, 1.54) is 5.56 Å². The van der Waals surface area contributed by atoms with Crippen LogP contribution in [-0.2, 0) is 22.6 Å². The van der Waals surface area contributed by atoms with Gasteiger partial charge in [0.25, 0.3) is 0 Å². The molecule has 0 saturated carbocycles. The summed E-state index contributed by atoms with van der Waals surface area (Å²) in [5, 5.41) is 7.30. The molecule has 5 heteroatoms. The van der Waals surface area contributed by atoms with Crippen molar-refractivity contribution in [2.75, 3.05) is 26.8 Å². The van der Waals surface area contributed by atoms with Gasteiger partial charge in [-0.05, 0) is 30.0 Å². The molecule has 0 aliphatic heterocycles. The lowest BCUT2D eigenvalue weighted by atomic mass is 10.1. The van der Waals surface area contributed by atoms with E-state index in [0.717, 1.165) is 24.0 Å². The van der Waals surface area contributed by atoms with Gasteiger partial charge in [0.2, 0.25) is 5.91 Å². The van der Waals surface area contributed by atoms with Crippen LogP contribution < -0.4 is 10.6 Å². The highest BCUT2D eigenvalue weighted by Crippen LogP contribution is 2.17. The van der Waals surface area contributed by atoms with E-state index in [2.05, 4.69) is 28.8 Å². The Morgan fingerprint density at radius 1 is 1.33 bits per heavy atom. The minimum Gasteiger partial charge on any atom is -0.383 e. The Labute approximate surface area is 125 Å². The summed E-state index contributed by atoms with van der Waals surface area (Å²) >= 11 is 0. The first-order valence-corrected chi connectivity index (χ1v) is 7.28. The number of amides is 1. The van der Waals surface area contributed by atoms with Crippen LogP contribution in [0.15, 0.2) is 30.5 Å². The molecule has 0 aliphatic rings. The fourth-order valence-electron chi connectivity index (χ4n) is 2.29. The van der Waals surface area contributed by atoms with Gasteiger partial charge in [0, 0.05) is 38.5 Å². The van der Waals surface area contributed by atoms with Crippen LogP contribution in [0.2, 0.25) is 0 Å². The fraction of sp³-hybridized carbons (Fsp3) is 0.438. The molecule has 1 heterocycles. The van der Waals surface area contributed by atoms with Gasteiger partial charge in [0.15, 0.2) is 0 Å². The summed E-state index contributed by atoms with van der Waals surface area (Å²) in [5.74, 6) is 0.0404. The first-order chi connectivity index (χ1) is 10.2. The predicted molar refractivity (Wildman–Crippen MR) is 84.2 cm³/mol. The van der Waals surface area contributed by atoms with Crippen molar-refractivity contribution >= 4 is 16.8 Å². The van der Waals surface area contributed by atoms with Gasteiger partial charge in [-0.25, -0.2) is 0 Å². The van der Waals surface area contributed by atoms with Crippen LogP contribution in [0.3, 0.4) is 0 Å². The molecule has 0 bridgehead atoms. The SMILES string of the molecule is CCNC(=O)Cn1ccc2ccc(CNCCOC)cc21. The molecule has 1 aromatic carbocycles. The van der Waals surface area contributed by atoms with Crippen molar-refractivity contribution in [2.24, 2.45) is 0 Å². The zero-order valence-corrected chi connectivity index (χ0v) is 12.7. The summed E-state index contributed by atoms with van der Waals surface area (Å²) < 4.78 is 7.00. The molecule has 0 saturated heterocycles. The topological polar surface area (TPSA) is 55.3 Å². The molecule has 0 fully saturated rings.